The number of hydrogen-bond donors (Lipinski definition) is 1. The van der Waals surface area contributed by atoms with Crippen molar-refractivity contribution in [2.45, 2.75) is 45.3 Å². The third-order valence-corrected chi connectivity index (χ3v) is 2.67. The van der Waals surface area contributed by atoms with Gasteiger partial charge in [0.2, 0.25) is 0 Å². The second-order valence-corrected chi connectivity index (χ2v) is 5.14. The highest BCUT2D eigenvalue weighted by Gasteiger charge is 2.32. The molecule has 0 aliphatic heterocycles. The van der Waals surface area contributed by atoms with Gasteiger partial charge in [-0.25, -0.2) is 0 Å². The maximum Gasteiger partial charge on any atom is 0.416 e. The fraction of sp³-hybridized carbons (Fsp3) is 0.538. The molecule has 1 aromatic carbocycles. The Hall–Kier alpha value is -1.03. The monoisotopic (exact) mass is 245 g/mol. The Labute approximate surface area is 99.8 Å². The van der Waals surface area contributed by atoms with E-state index in [1.807, 2.05) is 13.8 Å². The van der Waals surface area contributed by atoms with Crippen LogP contribution >= 0.6 is 0 Å². The van der Waals surface area contributed by atoms with Crippen molar-refractivity contribution in [3.63, 3.8) is 0 Å². The van der Waals surface area contributed by atoms with Crippen molar-refractivity contribution in [2.24, 2.45) is 5.73 Å². The Morgan fingerprint density at radius 3 is 2.24 bits per heavy atom. The molecule has 0 aromatic heterocycles. The average Bonchev–Trinajstić information content (AvgIpc) is 2.13. The van der Waals surface area contributed by atoms with Gasteiger partial charge in [0.05, 0.1) is 5.56 Å². The molecule has 96 valence electrons. The second-order valence-electron chi connectivity index (χ2n) is 5.14. The molecule has 0 saturated carbocycles. The van der Waals surface area contributed by atoms with E-state index in [1.54, 1.807) is 6.07 Å². The number of rotatable bonds is 3. The standard InChI is InChI=1S/C13H18F3N/c1-9-4-5-10(6-7-12(2,3)17)8-11(9)13(14,15)16/h4-5,8H,6-7,17H2,1-3H3. The molecule has 2 N–H and O–H groups in total. The van der Waals surface area contributed by atoms with Gasteiger partial charge in [-0.3, -0.25) is 0 Å². The molecule has 1 rings (SSSR count). The molecule has 0 heterocycles. The minimum absolute atomic E-state index is 0.258. The highest BCUT2D eigenvalue weighted by atomic mass is 19.4. The first-order chi connectivity index (χ1) is 7.59. The molecule has 1 nitrogen and oxygen atoms in total. The van der Waals surface area contributed by atoms with Crippen LogP contribution in [0, 0.1) is 6.92 Å². The van der Waals surface area contributed by atoms with E-state index in [1.165, 1.54) is 19.1 Å². The van der Waals surface area contributed by atoms with Gasteiger partial charge in [-0.2, -0.15) is 13.2 Å². The lowest BCUT2D eigenvalue weighted by atomic mass is 9.94. The van der Waals surface area contributed by atoms with Crippen LogP contribution in [0.25, 0.3) is 0 Å². The number of benzene rings is 1. The SMILES string of the molecule is Cc1ccc(CCC(C)(C)N)cc1C(F)(F)F. The van der Waals surface area contributed by atoms with Crippen molar-refractivity contribution in [1.29, 1.82) is 0 Å². The third kappa shape index (κ3) is 4.38. The van der Waals surface area contributed by atoms with Crippen LogP contribution in [-0.2, 0) is 12.6 Å². The van der Waals surface area contributed by atoms with E-state index in [4.69, 9.17) is 5.73 Å². The molecule has 4 heteroatoms. The smallest absolute Gasteiger partial charge is 0.326 e. The van der Waals surface area contributed by atoms with Crippen LogP contribution in [0.3, 0.4) is 0 Å². The van der Waals surface area contributed by atoms with Crippen molar-refractivity contribution in [1.82, 2.24) is 0 Å². The van der Waals surface area contributed by atoms with E-state index < -0.39 is 11.7 Å². The van der Waals surface area contributed by atoms with Gasteiger partial charge in [0, 0.05) is 5.54 Å². The summed E-state index contributed by atoms with van der Waals surface area (Å²) in [7, 11) is 0. The zero-order valence-corrected chi connectivity index (χ0v) is 10.4. The summed E-state index contributed by atoms with van der Waals surface area (Å²) in [6.07, 6.45) is -3.06. The van der Waals surface area contributed by atoms with Crippen molar-refractivity contribution in [3.05, 3.63) is 34.9 Å². The predicted molar refractivity (Wildman–Crippen MR) is 62.8 cm³/mol. The first-order valence-electron chi connectivity index (χ1n) is 5.55. The topological polar surface area (TPSA) is 26.0 Å². The summed E-state index contributed by atoms with van der Waals surface area (Å²) >= 11 is 0. The van der Waals surface area contributed by atoms with Gasteiger partial charge in [-0.15, -0.1) is 0 Å². The third-order valence-electron chi connectivity index (χ3n) is 2.67. The number of nitrogens with two attached hydrogens (primary N) is 1. The lowest BCUT2D eigenvalue weighted by Crippen LogP contribution is -2.32. The van der Waals surface area contributed by atoms with Crippen LogP contribution in [0.15, 0.2) is 18.2 Å². The van der Waals surface area contributed by atoms with Crippen molar-refractivity contribution >= 4 is 0 Å². The van der Waals surface area contributed by atoms with Crippen LogP contribution in [0.5, 0.6) is 0 Å². The number of halogens is 3. The first-order valence-corrected chi connectivity index (χ1v) is 5.55. The van der Waals surface area contributed by atoms with Crippen LogP contribution in [0.2, 0.25) is 0 Å². The van der Waals surface area contributed by atoms with Gasteiger partial charge >= 0.3 is 6.18 Å². The molecule has 0 aliphatic rings. The second kappa shape index (κ2) is 4.69. The Morgan fingerprint density at radius 1 is 1.18 bits per heavy atom. The van der Waals surface area contributed by atoms with Gasteiger partial charge in [0.1, 0.15) is 0 Å². The lowest BCUT2D eigenvalue weighted by molar-refractivity contribution is -0.138. The quantitative estimate of drug-likeness (QED) is 0.863. The largest absolute Gasteiger partial charge is 0.416 e. The molecule has 0 fully saturated rings. The zero-order valence-electron chi connectivity index (χ0n) is 10.4. The first kappa shape index (κ1) is 14.0. The van der Waals surface area contributed by atoms with Gasteiger partial charge in [0.25, 0.3) is 0 Å². The summed E-state index contributed by atoms with van der Waals surface area (Å²) in [6.45, 7) is 5.21. The average molecular weight is 245 g/mol. The van der Waals surface area contributed by atoms with Crippen LogP contribution in [-0.4, -0.2) is 5.54 Å². The Morgan fingerprint density at radius 2 is 1.76 bits per heavy atom. The fourth-order valence-electron chi connectivity index (χ4n) is 1.60. The summed E-state index contributed by atoms with van der Waals surface area (Å²) in [6, 6.07) is 4.47. The molecule has 0 unspecified atom stereocenters. The van der Waals surface area contributed by atoms with Crippen molar-refractivity contribution in [3.8, 4) is 0 Å². The summed E-state index contributed by atoms with van der Waals surface area (Å²) in [4.78, 5) is 0. The van der Waals surface area contributed by atoms with Crippen molar-refractivity contribution < 1.29 is 13.2 Å². The maximum absolute atomic E-state index is 12.7. The van der Waals surface area contributed by atoms with Gasteiger partial charge in [-0.05, 0) is 50.8 Å². The van der Waals surface area contributed by atoms with E-state index in [-0.39, 0.29) is 11.1 Å². The number of aryl methyl sites for hydroxylation is 2. The predicted octanol–water partition coefficient (Wildman–Crippen LogP) is 3.68. The lowest BCUT2D eigenvalue weighted by Gasteiger charge is -2.19. The van der Waals surface area contributed by atoms with E-state index in [0.29, 0.717) is 18.4 Å². The molecule has 0 amide bonds. The minimum Gasteiger partial charge on any atom is -0.326 e. The molecule has 0 bridgehead atoms. The van der Waals surface area contributed by atoms with Crippen LogP contribution < -0.4 is 5.73 Å². The Bertz CT molecular complexity index is 389. The molecule has 0 radical (unpaired) electrons. The van der Waals surface area contributed by atoms with Gasteiger partial charge < -0.3 is 5.73 Å². The molecule has 0 saturated heterocycles. The molecule has 1 aromatic rings. The Balaban J connectivity index is 2.90. The van der Waals surface area contributed by atoms with Crippen molar-refractivity contribution in [2.75, 3.05) is 0 Å². The highest BCUT2D eigenvalue weighted by molar-refractivity contribution is 5.33. The van der Waals surface area contributed by atoms with Gasteiger partial charge in [0.15, 0.2) is 0 Å². The molecule has 0 spiro atoms. The zero-order chi connectivity index (χ0) is 13.3. The molecule has 0 aliphatic carbocycles. The van der Waals surface area contributed by atoms with Crippen LogP contribution in [0.1, 0.15) is 37.0 Å². The summed E-state index contributed by atoms with van der Waals surface area (Å²) < 4.78 is 38.0. The Kier molecular flexibility index (Phi) is 3.87. The van der Waals surface area contributed by atoms with Crippen LogP contribution in [0.4, 0.5) is 13.2 Å². The normalized spacial score (nSPS) is 12.9. The van der Waals surface area contributed by atoms with Gasteiger partial charge in [-0.1, -0.05) is 12.1 Å². The molecular weight excluding hydrogens is 227 g/mol. The minimum atomic E-state index is -4.28. The number of hydrogen-bond acceptors (Lipinski definition) is 1. The highest BCUT2D eigenvalue weighted by Crippen LogP contribution is 2.32. The molecule has 0 atom stereocenters. The van der Waals surface area contributed by atoms with E-state index in [0.717, 1.165) is 0 Å². The van der Waals surface area contributed by atoms with E-state index >= 15 is 0 Å². The molecular formula is C13H18F3N. The van der Waals surface area contributed by atoms with E-state index in [9.17, 15) is 13.2 Å². The fourth-order valence-corrected chi connectivity index (χ4v) is 1.60. The number of alkyl halides is 3. The molecule has 17 heavy (non-hydrogen) atoms. The maximum atomic E-state index is 12.7. The summed E-state index contributed by atoms with van der Waals surface area (Å²) in [5, 5.41) is 0. The summed E-state index contributed by atoms with van der Waals surface area (Å²) in [5.74, 6) is 0. The van der Waals surface area contributed by atoms with E-state index in [2.05, 4.69) is 0 Å². The summed E-state index contributed by atoms with van der Waals surface area (Å²) in [5.41, 5.74) is 5.85.